The van der Waals surface area contributed by atoms with Gasteiger partial charge in [-0.25, -0.2) is 4.98 Å². The average Bonchev–Trinajstić information content (AvgIpc) is 2.71. The Kier molecular flexibility index (Phi) is 4.25. The van der Waals surface area contributed by atoms with Crippen LogP contribution in [-0.4, -0.2) is 35.6 Å². The van der Waals surface area contributed by atoms with Crippen LogP contribution in [-0.2, 0) is 0 Å². The van der Waals surface area contributed by atoms with Gasteiger partial charge in [-0.2, -0.15) is 0 Å². The normalized spacial score (nSPS) is 23.8. The molecule has 2 aliphatic rings. The zero-order valence-electron chi connectivity index (χ0n) is 15.3. The lowest BCUT2D eigenvalue weighted by molar-refractivity contribution is 0.0649. The van der Waals surface area contributed by atoms with Gasteiger partial charge in [0.05, 0.1) is 16.7 Å². The number of hydrogen-bond donors (Lipinski definition) is 1. The van der Waals surface area contributed by atoms with Gasteiger partial charge in [0.15, 0.2) is 0 Å². The molecule has 0 radical (unpaired) electrons. The van der Waals surface area contributed by atoms with E-state index in [1.54, 1.807) is 0 Å². The summed E-state index contributed by atoms with van der Waals surface area (Å²) in [4.78, 5) is 7.60. The standard InChI is InChI=1S/C23H27N3/c1-3-11-20-18(9-1)23(19-10-2-4-12-21(19)25-20)24-16-17-8-7-15-26-14-6-5-13-22(17)26/h1-4,9-12,17,22H,5-8,13-16H2,(H,24,25)/t17-,22+/m1/s1. The monoisotopic (exact) mass is 345 g/mol. The summed E-state index contributed by atoms with van der Waals surface area (Å²) in [6.07, 6.45) is 6.87. The summed E-state index contributed by atoms with van der Waals surface area (Å²) in [7, 11) is 0. The Bertz CT molecular complexity index is 864. The maximum atomic E-state index is 4.85. The topological polar surface area (TPSA) is 28.2 Å². The maximum Gasteiger partial charge on any atom is 0.0730 e. The zero-order valence-corrected chi connectivity index (χ0v) is 15.3. The van der Waals surface area contributed by atoms with Gasteiger partial charge in [-0.3, -0.25) is 0 Å². The predicted molar refractivity (Wildman–Crippen MR) is 110 cm³/mol. The molecule has 3 heterocycles. The van der Waals surface area contributed by atoms with Crippen LogP contribution in [0.2, 0.25) is 0 Å². The molecular weight excluding hydrogens is 318 g/mol. The van der Waals surface area contributed by atoms with Crippen LogP contribution in [0.4, 0.5) is 5.69 Å². The molecule has 0 amide bonds. The van der Waals surface area contributed by atoms with Gasteiger partial charge in [-0.1, -0.05) is 42.8 Å². The lowest BCUT2D eigenvalue weighted by Crippen LogP contribution is -2.49. The number of hydrogen-bond acceptors (Lipinski definition) is 3. The van der Waals surface area contributed by atoms with Crippen molar-refractivity contribution in [3.63, 3.8) is 0 Å². The van der Waals surface area contributed by atoms with Gasteiger partial charge in [0.1, 0.15) is 0 Å². The van der Waals surface area contributed by atoms with Crippen LogP contribution >= 0.6 is 0 Å². The first-order chi connectivity index (χ1) is 12.9. The van der Waals surface area contributed by atoms with Crippen molar-refractivity contribution in [2.24, 2.45) is 5.92 Å². The fraction of sp³-hybridized carbons (Fsp3) is 0.435. The van der Waals surface area contributed by atoms with Crippen molar-refractivity contribution in [1.82, 2.24) is 9.88 Å². The number of pyridine rings is 1. The molecule has 0 unspecified atom stereocenters. The number of nitrogens with zero attached hydrogens (tertiary/aromatic N) is 2. The molecule has 26 heavy (non-hydrogen) atoms. The Morgan fingerprint density at radius 2 is 1.54 bits per heavy atom. The highest BCUT2D eigenvalue weighted by atomic mass is 15.2. The van der Waals surface area contributed by atoms with Crippen LogP contribution in [0.25, 0.3) is 21.8 Å². The number of nitrogens with one attached hydrogen (secondary N) is 1. The molecule has 0 spiro atoms. The van der Waals surface area contributed by atoms with Crippen molar-refractivity contribution < 1.29 is 0 Å². The smallest absolute Gasteiger partial charge is 0.0730 e. The molecule has 2 saturated heterocycles. The summed E-state index contributed by atoms with van der Waals surface area (Å²) in [5, 5.41) is 6.34. The van der Waals surface area contributed by atoms with Crippen molar-refractivity contribution >= 4 is 27.5 Å². The van der Waals surface area contributed by atoms with E-state index in [0.717, 1.165) is 29.5 Å². The van der Waals surface area contributed by atoms with Crippen molar-refractivity contribution in [2.75, 3.05) is 25.0 Å². The fourth-order valence-corrected chi connectivity index (χ4v) is 5.08. The second-order valence-electron chi connectivity index (χ2n) is 7.90. The zero-order chi connectivity index (χ0) is 17.3. The van der Waals surface area contributed by atoms with Crippen LogP contribution in [0.1, 0.15) is 32.1 Å². The molecule has 0 bridgehead atoms. The third kappa shape index (κ3) is 2.84. The number of anilines is 1. The van der Waals surface area contributed by atoms with Crippen molar-refractivity contribution in [1.29, 1.82) is 0 Å². The second-order valence-corrected chi connectivity index (χ2v) is 7.90. The van der Waals surface area contributed by atoms with E-state index >= 15 is 0 Å². The highest BCUT2D eigenvalue weighted by molar-refractivity contribution is 6.07. The summed E-state index contributed by atoms with van der Waals surface area (Å²) >= 11 is 0. The van der Waals surface area contributed by atoms with Crippen LogP contribution in [0.3, 0.4) is 0 Å². The van der Waals surface area contributed by atoms with E-state index in [9.17, 15) is 0 Å². The molecule has 2 fully saturated rings. The molecule has 1 N–H and O–H groups in total. The van der Waals surface area contributed by atoms with Crippen molar-refractivity contribution in [3.05, 3.63) is 48.5 Å². The molecule has 0 aliphatic carbocycles. The van der Waals surface area contributed by atoms with E-state index in [0.29, 0.717) is 0 Å². The molecule has 1 aromatic heterocycles. The third-order valence-corrected chi connectivity index (χ3v) is 6.36. The van der Waals surface area contributed by atoms with Gasteiger partial charge in [-0.05, 0) is 56.8 Å². The van der Waals surface area contributed by atoms with Crippen molar-refractivity contribution in [2.45, 2.75) is 38.1 Å². The quantitative estimate of drug-likeness (QED) is 0.672. The average molecular weight is 345 g/mol. The van der Waals surface area contributed by atoms with Crippen LogP contribution in [0.15, 0.2) is 48.5 Å². The minimum absolute atomic E-state index is 0.759. The first-order valence-corrected chi connectivity index (χ1v) is 10.2. The Morgan fingerprint density at radius 1 is 0.846 bits per heavy atom. The molecule has 5 rings (SSSR count). The Morgan fingerprint density at radius 3 is 2.31 bits per heavy atom. The Hall–Kier alpha value is -2.13. The van der Waals surface area contributed by atoms with Gasteiger partial charge in [0, 0.05) is 23.4 Å². The van der Waals surface area contributed by atoms with E-state index in [2.05, 4.69) is 58.7 Å². The number of aromatic nitrogens is 1. The van der Waals surface area contributed by atoms with Gasteiger partial charge >= 0.3 is 0 Å². The summed E-state index contributed by atoms with van der Waals surface area (Å²) in [5.74, 6) is 0.759. The molecule has 3 nitrogen and oxygen atoms in total. The van der Waals surface area contributed by atoms with Crippen LogP contribution in [0.5, 0.6) is 0 Å². The van der Waals surface area contributed by atoms with Gasteiger partial charge in [0.2, 0.25) is 0 Å². The fourth-order valence-electron chi connectivity index (χ4n) is 5.08. The maximum absolute atomic E-state index is 4.85. The Labute approximate surface area is 155 Å². The minimum Gasteiger partial charge on any atom is -0.384 e. The Balaban J connectivity index is 1.48. The second kappa shape index (κ2) is 6.88. The molecule has 2 aliphatic heterocycles. The number of para-hydroxylation sites is 2. The van der Waals surface area contributed by atoms with Gasteiger partial charge < -0.3 is 10.2 Å². The van der Waals surface area contributed by atoms with Gasteiger partial charge in [0.25, 0.3) is 0 Å². The summed E-state index contributed by atoms with van der Waals surface area (Å²) < 4.78 is 0. The molecule has 3 aromatic rings. The van der Waals surface area contributed by atoms with E-state index < -0.39 is 0 Å². The summed E-state index contributed by atoms with van der Waals surface area (Å²) in [5.41, 5.74) is 3.42. The summed E-state index contributed by atoms with van der Waals surface area (Å²) in [6, 6.07) is 17.8. The highest BCUT2D eigenvalue weighted by Crippen LogP contribution is 2.34. The lowest BCUT2D eigenvalue weighted by Gasteiger charge is -2.44. The molecule has 2 aromatic carbocycles. The summed E-state index contributed by atoms with van der Waals surface area (Å²) in [6.45, 7) is 3.68. The third-order valence-electron chi connectivity index (χ3n) is 6.36. The first kappa shape index (κ1) is 16.1. The SMILES string of the molecule is c1ccc2c(NC[C@H]3CCCN4CCCC[C@@H]34)c3ccccc3nc2c1. The number of piperidine rings is 2. The van der Waals surface area contributed by atoms with E-state index in [4.69, 9.17) is 4.98 Å². The number of benzene rings is 2. The minimum atomic E-state index is 0.759. The molecule has 2 atom stereocenters. The van der Waals surface area contributed by atoms with Crippen LogP contribution < -0.4 is 5.32 Å². The molecule has 0 saturated carbocycles. The number of fused-ring (bicyclic) bond motifs is 3. The molecular formula is C23H27N3. The van der Waals surface area contributed by atoms with E-state index in [-0.39, 0.29) is 0 Å². The van der Waals surface area contributed by atoms with E-state index in [1.165, 1.54) is 61.7 Å². The number of rotatable bonds is 3. The van der Waals surface area contributed by atoms with E-state index in [1.807, 2.05) is 0 Å². The van der Waals surface area contributed by atoms with Crippen LogP contribution in [0, 0.1) is 5.92 Å². The first-order valence-electron chi connectivity index (χ1n) is 10.2. The predicted octanol–water partition coefficient (Wildman–Crippen LogP) is 5.06. The molecule has 3 heteroatoms. The lowest BCUT2D eigenvalue weighted by atomic mass is 9.83. The molecule has 134 valence electrons. The van der Waals surface area contributed by atoms with Gasteiger partial charge in [-0.15, -0.1) is 0 Å². The largest absolute Gasteiger partial charge is 0.384 e. The highest BCUT2D eigenvalue weighted by Gasteiger charge is 2.32. The van der Waals surface area contributed by atoms with Crippen molar-refractivity contribution in [3.8, 4) is 0 Å².